The largest absolute Gasteiger partial charge is 0.212 e. The zero-order chi connectivity index (χ0) is 12.1. The molecule has 0 bridgehead atoms. The molecule has 1 aliphatic carbocycles. The molecular weight excluding hydrogens is 210 g/mol. The van der Waals surface area contributed by atoms with Gasteiger partial charge < -0.3 is 0 Å². The first-order valence-corrected chi connectivity index (χ1v) is 7.28. The van der Waals surface area contributed by atoms with E-state index in [1.54, 1.807) is 7.05 Å². The lowest BCUT2D eigenvalue weighted by Crippen LogP contribution is -2.45. The maximum absolute atomic E-state index is 11.5. The quantitative estimate of drug-likeness (QED) is 0.745. The minimum atomic E-state index is -3.09. The molecule has 0 aromatic rings. The maximum atomic E-state index is 11.5. The molecule has 1 fully saturated rings. The van der Waals surface area contributed by atoms with Crippen molar-refractivity contribution in [3.8, 4) is 0 Å². The van der Waals surface area contributed by atoms with Gasteiger partial charge in [0.2, 0.25) is 10.0 Å². The van der Waals surface area contributed by atoms with E-state index >= 15 is 0 Å². The highest BCUT2D eigenvalue weighted by Gasteiger charge is 2.50. The highest BCUT2D eigenvalue weighted by Crippen LogP contribution is 2.57. The first-order valence-electron chi connectivity index (χ1n) is 5.43. The molecule has 0 aliphatic heterocycles. The van der Waals surface area contributed by atoms with Crippen LogP contribution in [-0.2, 0) is 10.0 Å². The van der Waals surface area contributed by atoms with E-state index < -0.39 is 10.0 Å². The lowest BCUT2D eigenvalue weighted by atomic mass is 9.88. The third kappa shape index (κ3) is 2.72. The molecular formula is C11H23NO2S. The molecule has 1 rings (SSSR count). The summed E-state index contributed by atoms with van der Waals surface area (Å²) < 4.78 is 24.5. The van der Waals surface area contributed by atoms with Gasteiger partial charge in [-0.3, -0.25) is 0 Å². The van der Waals surface area contributed by atoms with Crippen molar-refractivity contribution in [2.75, 3.05) is 13.3 Å². The Kier molecular flexibility index (Phi) is 2.99. The van der Waals surface area contributed by atoms with Crippen molar-refractivity contribution in [3.63, 3.8) is 0 Å². The number of hydrogen-bond donors (Lipinski definition) is 0. The summed E-state index contributed by atoms with van der Waals surface area (Å²) in [6, 6.07) is 0. The average Bonchev–Trinajstić information content (AvgIpc) is 2.53. The van der Waals surface area contributed by atoms with E-state index in [2.05, 4.69) is 13.8 Å². The fourth-order valence-corrected chi connectivity index (χ4v) is 3.40. The smallest absolute Gasteiger partial charge is 0.211 e. The Morgan fingerprint density at radius 2 is 1.87 bits per heavy atom. The molecule has 0 amide bonds. The van der Waals surface area contributed by atoms with E-state index in [-0.39, 0.29) is 5.54 Å². The fraction of sp³-hybridized carbons (Fsp3) is 1.00. The van der Waals surface area contributed by atoms with Crippen molar-refractivity contribution in [2.45, 2.75) is 46.1 Å². The minimum absolute atomic E-state index is 0.285. The Morgan fingerprint density at radius 3 is 2.13 bits per heavy atom. The molecule has 0 heterocycles. The average molecular weight is 233 g/mol. The first kappa shape index (κ1) is 13.0. The van der Waals surface area contributed by atoms with E-state index in [0.29, 0.717) is 5.41 Å². The van der Waals surface area contributed by atoms with E-state index in [0.717, 1.165) is 12.3 Å². The molecule has 90 valence electrons. The molecule has 0 radical (unpaired) electrons. The summed E-state index contributed by atoms with van der Waals surface area (Å²) in [7, 11) is -1.42. The number of rotatable bonds is 4. The summed E-state index contributed by atoms with van der Waals surface area (Å²) in [4.78, 5) is 0. The Bertz CT molecular complexity index is 348. The first-order chi connectivity index (χ1) is 6.49. The minimum Gasteiger partial charge on any atom is -0.212 e. The van der Waals surface area contributed by atoms with Gasteiger partial charge in [0, 0.05) is 12.6 Å². The normalized spacial score (nSPS) is 32.1. The van der Waals surface area contributed by atoms with Gasteiger partial charge in [0.1, 0.15) is 0 Å². The van der Waals surface area contributed by atoms with Crippen LogP contribution in [-0.4, -0.2) is 31.6 Å². The molecule has 0 saturated heterocycles. The number of nitrogens with zero attached hydrogens (tertiary/aromatic N) is 1. The molecule has 1 aliphatic rings. The van der Waals surface area contributed by atoms with Gasteiger partial charge in [0.25, 0.3) is 0 Å². The molecule has 1 unspecified atom stereocenters. The van der Waals surface area contributed by atoms with Gasteiger partial charge in [0.15, 0.2) is 0 Å². The predicted octanol–water partition coefficient (Wildman–Crippen LogP) is 2.09. The summed E-state index contributed by atoms with van der Waals surface area (Å²) >= 11 is 0. The lowest BCUT2D eigenvalue weighted by Gasteiger charge is -2.36. The molecule has 0 spiro atoms. The topological polar surface area (TPSA) is 37.4 Å². The molecule has 3 nitrogen and oxygen atoms in total. The standard InChI is InChI=1S/C11H23NO2S/c1-9-7-11(9,4)8-10(2,3)12(5)15(6,13)14/h9H,7-8H2,1-6H3/t9?,11-/m0/s1. The van der Waals surface area contributed by atoms with Crippen LogP contribution < -0.4 is 0 Å². The molecule has 2 atom stereocenters. The van der Waals surface area contributed by atoms with Crippen molar-refractivity contribution >= 4 is 10.0 Å². The molecule has 1 saturated carbocycles. The molecule has 0 aromatic carbocycles. The van der Waals surface area contributed by atoms with Crippen LogP contribution in [0.1, 0.15) is 40.5 Å². The van der Waals surface area contributed by atoms with Crippen molar-refractivity contribution < 1.29 is 8.42 Å². The summed E-state index contributed by atoms with van der Waals surface area (Å²) in [6.45, 7) is 8.49. The molecule has 0 aromatic heterocycles. The lowest BCUT2D eigenvalue weighted by molar-refractivity contribution is 0.203. The summed E-state index contributed by atoms with van der Waals surface area (Å²) in [5.74, 6) is 0.727. The van der Waals surface area contributed by atoms with Crippen LogP contribution in [0.2, 0.25) is 0 Å². The second-order valence-corrected chi connectivity index (χ2v) is 7.99. The Balaban J connectivity index is 2.76. The second kappa shape index (κ2) is 3.45. The van der Waals surface area contributed by atoms with E-state index in [9.17, 15) is 8.42 Å². The third-order valence-electron chi connectivity index (χ3n) is 3.99. The Labute approximate surface area is 93.9 Å². The molecule has 4 heteroatoms. The predicted molar refractivity (Wildman–Crippen MR) is 63.2 cm³/mol. The maximum Gasteiger partial charge on any atom is 0.211 e. The fourth-order valence-electron chi connectivity index (χ4n) is 2.44. The van der Waals surface area contributed by atoms with Crippen molar-refractivity contribution in [2.24, 2.45) is 11.3 Å². The van der Waals surface area contributed by atoms with Crippen LogP contribution in [0.25, 0.3) is 0 Å². The van der Waals surface area contributed by atoms with Crippen molar-refractivity contribution in [1.82, 2.24) is 4.31 Å². The zero-order valence-corrected chi connectivity index (χ0v) is 11.5. The highest BCUT2D eigenvalue weighted by atomic mass is 32.2. The highest BCUT2D eigenvalue weighted by molar-refractivity contribution is 7.88. The van der Waals surface area contributed by atoms with Gasteiger partial charge in [-0.1, -0.05) is 13.8 Å². The molecule has 15 heavy (non-hydrogen) atoms. The van der Waals surface area contributed by atoms with Gasteiger partial charge in [-0.05, 0) is 38.0 Å². The second-order valence-electron chi connectivity index (χ2n) is 5.98. The van der Waals surface area contributed by atoms with Crippen LogP contribution in [0.5, 0.6) is 0 Å². The van der Waals surface area contributed by atoms with Gasteiger partial charge in [-0.15, -0.1) is 0 Å². The number of sulfonamides is 1. The summed E-state index contributed by atoms with van der Waals surface area (Å²) in [6.07, 6.45) is 3.42. The summed E-state index contributed by atoms with van der Waals surface area (Å²) in [5.41, 5.74) is 0.0511. The Morgan fingerprint density at radius 1 is 1.47 bits per heavy atom. The molecule has 0 N–H and O–H groups in total. The zero-order valence-electron chi connectivity index (χ0n) is 10.7. The van der Waals surface area contributed by atoms with Gasteiger partial charge in [0.05, 0.1) is 6.26 Å². The monoisotopic (exact) mass is 233 g/mol. The van der Waals surface area contributed by atoms with Crippen LogP contribution in [0.4, 0.5) is 0 Å². The summed E-state index contributed by atoms with van der Waals surface area (Å²) in [5, 5.41) is 0. The van der Waals surface area contributed by atoms with Crippen LogP contribution in [0.3, 0.4) is 0 Å². The SMILES string of the molecule is CC1C[C@@]1(C)CC(C)(C)N(C)S(C)(=O)=O. The van der Waals surface area contributed by atoms with Gasteiger partial charge >= 0.3 is 0 Å². The third-order valence-corrected chi connectivity index (χ3v) is 5.48. The van der Waals surface area contributed by atoms with Crippen molar-refractivity contribution in [1.29, 1.82) is 0 Å². The van der Waals surface area contributed by atoms with Gasteiger partial charge in [-0.2, -0.15) is 4.31 Å². The van der Waals surface area contributed by atoms with Gasteiger partial charge in [-0.25, -0.2) is 8.42 Å². The van der Waals surface area contributed by atoms with E-state index in [1.165, 1.54) is 17.0 Å². The van der Waals surface area contributed by atoms with E-state index in [1.807, 2.05) is 13.8 Å². The van der Waals surface area contributed by atoms with Crippen LogP contribution >= 0.6 is 0 Å². The van der Waals surface area contributed by atoms with Crippen molar-refractivity contribution in [3.05, 3.63) is 0 Å². The van der Waals surface area contributed by atoms with E-state index in [4.69, 9.17) is 0 Å². The van der Waals surface area contributed by atoms with Crippen LogP contribution in [0.15, 0.2) is 0 Å². The Hall–Kier alpha value is -0.0900. The number of hydrogen-bond acceptors (Lipinski definition) is 2. The van der Waals surface area contributed by atoms with Crippen LogP contribution in [0, 0.1) is 11.3 Å².